The normalized spacial score (nSPS) is 12.3. The van der Waals surface area contributed by atoms with Crippen molar-refractivity contribution < 1.29 is 4.74 Å². The first-order chi connectivity index (χ1) is 7.19. The molecular formula is C10H16BrN3O. The van der Waals surface area contributed by atoms with Gasteiger partial charge in [-0.25, -0.2) is 0 Å². The van der Waals surface area contributed by atoms with Crippen LogP contribution in [0.3, 0.4) is 0 Å². The molecule has 0 aliphatic rings. The van der Waals surface area contributed by atoms with Gasteiger partial charge in [-0.05, 0) is 13.8 Å². The highest BCUT2D eigenvalue weighted by Crippen LogP contribution is 2.15. The molecule has 0 saturated carbocycles. The number of hydrogen-bond donors (Lipinski definition) is 0. The number of halogens is 1. The SMILES string of the molecule is CCOc1cncc(N(C)C(C)CBr)n1. The molecule has 0 aliphatic heterocycles. The van der Waals surface area contributed by atoms with Gasteiger partial charge in [-0.1, -0.05) is 15.9 Å². The van der Waals surface area contributed by atoms with Gasteiger partial charge in [0.2, 0.25) is 5.88 Å². The van der Waals surface area contributed by atoms with Gasteiger partial charge in [0.05, 0.1) is 19.0 Å². The summed E-state index contributed by atoms with van der Waals surface area (Å²) in [6.45, 7) is 4.65. The molecular weight excluding hydrogens is 258 g/mol. The minimum absolute atomic E-state index is 0.371. The second-order valence-electron chi connectivity index (χ2n) is 3.26. The predicted molar refractivity (Wildman–Crippen MR) is 64.9 cm³/mol. The Morgan fingerprint density at radius 2 is 2.27 bits per heavy atom. The third-order valence-corrected chi connectivity index (χ3v) is 3.07. The summed E-state index contributed by atoms with van der Waals surface area (Å²) < 4.78 is 5.30. The second kappa shape index (κ2) is 5.90. The van der Waals surface area contributed by atoms with Crippen LogP contribution in [-0.4, -0.2) is 35.0 Å². The van der Waals surface area contributed by atoms with Crippen molar-refractivity contribution in [3.8, 4) is 5.88 Å². The van der Waals surface area contributed by atoms with Gasteiger partial charge in [0.25, 0.3) is 0 Å². The van der Waals surface area contributed by atoms with Crippen LogP contribution in [0.5, 0.6) is 5.88 Å². The maximum absolute atomic E-state index is 5.30. The van der Waals surface area contributed by atoms with E-state index in [9.17, 15) is 0 Å². The van der Waals surface area contributed by atoms with E-state index in [1.54, 1.807) is 12.4 Å². The van der Waals surface area contributed by atoms with Gasteiger partial charge in [0, 0.05) is 18.4 Å². The molecule has 0 radical (unpaired) electrons. The fourth-order valence-corrected chi connectivity index (χ4v) is 1.49. The highest BCUT2D eigenvalue weighted by atomic mass is 79.9. The molecule has 0 amide bonds. The lowest BCUT2D eigenvalue weighted by Gasteiger charge is -2.23. The Labute approximate surface area is 98.8 Å². The van der Waals surface area contributed by atoms with Crippen LogP contribution in [0.1, 0.15) is 13.8 Å². The molecule has 1 atom stereocenters. The van der Waals surface area contributed by atoms with Crippen molar-refractivity contribution in [2.24, 2.45) is 0 Å². The molecule has 1 rings (SSSR count). The van der Waals surface area contributed by atoms with Crippen LogP contribution in [0.15, 0.2) is 12.4 Å². The van der Waals surface area contributed by atoms with Crippen LogP contribution in [-0.2, 0) is 0 Å². The van der Waals surface area contributed by atoms with Crippen molar-refractivity contribution in [1.82, 2.24) is 9.97 Å². The summed E-state index contributed by atoms with van der Waals surface area (Å²) in [6.07, 6.45) is 3.36. The summed E-state index contributed by atoms with van der Waals surface area (Å²) in [5, 5.41) is 0.893. The van der Waals surface area contributed by atoms with Crippen molar-refractivity contribution in [2.75, 3.05) is 23.9 Å². The topological polar surface area (TPSA) is 38.2 Å². The van der Waals surface area contributed by atoms with Crippen LogP contribution < -0.4 is 9.64 Å². The Bertz CT molecular complexity index is 308. The average molecular weight is 274 g/mol. The molecule has 1 aromatic heterocycles. The number of anilines is 1. The van der Waals surface area contributed by atoms with Crippen LogP contribution in [0.4, 0.5) is 5.82 Å². The maximum atomic E-state index is 5.30. The first kappa shape index (κ1) is 12.2. The zero-order chi connectivity index (χ0) is 11.3. The van der Waals surface area contributed by atoms with E-state index in [1.165, 1.54) is 0 Å². The van der Waals surface area contributed by atoms with Crippen molar-refractivity contribution in [3.63, 3.8) is 0 Å². The first-order valence-corrected chi connectivity index (χ1v) is 6.04. The Kier molecular flexibility index (Phi) is 4.81. The summed E-state index contributed by atoms with van der Waals surface area (Å²) in [5.41, 5.74) is 0. The number of nitrogens with zero attached hydrogens (tertiary/aromatic N) is 3. The van der Waals surface area contributed by atoms with Crippen LogP contribution >= 0.6 is 15.9 Å². The molecule has 0 saturated heterocycles. The van der Waals surface area contributed by atoms with E-state index in [1.807, 2.05) is 14.0 Å². The van der Waals surface area contributed by atoms with Crippen molar-refractivity contribution >= 4 is 21.7 Å². The van der Waals surface area contributed by atoms with E-state index < -0.39 is 0 Å². The molecule has 1 unspecified atom stereocenters. The van der Waals surface area contributed by atoms with Gasteiger partial charge in [-0.3, -0.25) is 4.98 Å². The van der Waals surface area contributed by atoms with E-state index in [-0.39, 0.29) is 0 Å². The highest BCUT2D eigenvalue weighted by molar-refractivity contribution is 9.09. The molecule has 0 N–H and O–H groups in total. The van der Waals surface area contributed by atoms with E-state index in [2.05, 4.69) is 37.7 Å². The minimum Gasteiger partial charge on any atom is -0.477 e. The number of hydrogen-bond acceptors (Lipinski definition) is 4. The lowest BCUT2D eigenvalue weighted by molar-refractivity contribution is 0.325. The monoisotopic (exact) mass is 273 g/mol. The summed E-state index contributed by atoms with van der Waals surface area (Å²) in [4.78, 5) is 10.5. The molecule has 84 valence electrons. The lowest BCUT2D eigenvalue weighted by atomic mass is 10.3. The molecule has 0 aliphatic carbocycles. The standard InChI is InChI=1S/C10H16BrN3O/c1-4-15-10-7-12-6-9(13-10)14(3)8(2)5-11/h6-8H,4-5H2,1-3H3. The van der Waals surface area contributed by atoms with E-state index in [4.69, 9.17) is 4.74 Å². The van der Waals surface area contributed by atoms with Crippen molar-refractivity contribution in [2.45, 2.75) is 19.9 Å². The zero-order valence-corrected chi connectivity index (χ0v) is 10.9. The van der Waals surface area contributed by atoms with Gasteiger partial charge in [0.15, 0.2) is 5.82 Å². The van der Waals surface area contributed by atoms with Crippen LogP contribution in [0.25, 0.3) is 0 Å². The van der Waals surface area contributed by atoms with Crippen LogP contribution in [0, 0.1) is 0 Å². The Morgan fingerprint density at radius 1 is 1.53 bits per heavy atom. The van der Waals surface area contributed by atoms with Gasteiger partial charge in [-0.15, -0.1) is 0 Å². The van der Waals surface area contributed by atoms with E-state index in [0.717, 1.165) is 11.1 Å². The molecule has 1 heterocycles. The predicted octanol–water partition coefficient (Wildman–Crippen LogP) is 2.09. The highest BCUT2D eigenvalue weighted by Gasteiger charge is 2.10. The molecule has 0 aromatic carbocycles. The van der Waals surface area contributed by atoms with Gasteiger partial charge < -0.3 is 9.64 Å². The van der Waals surface area contributed by atoms with Gasteiger partial charge in [-0.2, -0.15) is 4.98 Å². The van der Waals surface area contributed by atoms with Crippen LogP contribution in [0.2, 0.25) is 0 Å². The number of aromatic nitrogens is 2. The second-order valence-corrected chi connectivity index (χ2v) is 3.91. The fourth-order valence-electron chi connectivity index (χ4n) is 1.06. The Hall–Kier alpha value is -0.840. The molecule has 5 heteroatoms. The summed E-state index contributed by atoms with van der Waals surface area (Å²) in [6, 6.07) is 0.371. The zero-order valence-electron chi connectivity index (χ0n) is 9.27. The maximum Gasteiger partial charge on any atom is 0.234 e. The summed E-state index contributed by atoms with van der Waals surface area (Å²) in [5.74, 6) is 1.40. The number of rotatable bonds is 5. The Balaban J connectivity index is 2.80. The Morgan fingerprint density at radius 3 is 2.87 bits per heavy atom. The molecule has 0 fully saturated rings. The van der Waals surface area contributed by atoms with E-state index >= 15 is 0 Å². The number of alkyl halides is 1. The van der Waals surface area contributed by atoms with Gasteiger partial charge >= 0.3 is 0 Å². The quantitative estimate of drug-likeness (QED) is 0.771. The largest absolute Gasteiger partial charge is 0.477 e. The first-order valence-electron chi connectivity index (χ1n) is 4.92. The molecule has 4 nitrogen and oxygen atoms in total. The number of ether oxygens (including phenoxy) is 1. The molecule has 15 heavy (non-hydrogen) atoms. The third kappa shape index (κ3) is 3.34. The van der Waals surface area contributed by atoms with E-state index in [0.29, 0.717) is 18.5 Å². The van der Waals surface area contributed by atoms with Crippen molar-refractivity contribution in [1.29, 1.82) is 0 Å². The van der Waals surface area contributed by atoms with Crippen molar-refractivity contribution in [3.05, 3.63) is 12.4 Å². The minimum atomic E-state index is 0.371. The smallest absolute Gasteiger partial charge is 0.234 e. The molecule has 0 spiro atoms. The summed E-state index contributed by atoms with van der Waals surface area (Å²) >= 11 is 3.44. The third-order valence-electron chi connectivity index (χ3n) is 2.14. The lowest BCUT2D eigenvalue weighted by Crippen LogP contribution is -2.30. The summed E-state index contributed by atoms with van der Waals surface area (Å²) in [7, 11) is 1.99. The van der Waals surface area contributed by atoms with Gasteiger partial charge in [0.1, 0.15) is 0 Å². The molecule has 1 aromatic rings. The molecule has 0 bridgehead atoms. The fraction of sp³-hybridized carbons (Fsp3) is 0.600. The average Bonchev–Trinajstić information content (AvgIpc) is 2.28.